The zero-order valence-electron chi connectivity index (χ0n) is 10.7. The van der Waals surface area contributed by atoms with Crippen molar-refractivity contribution in [2.45, 2.75) is 44.2 Å². The highest BCUT2D eigenvalue weighted by atomic mass is 19.4. The van der Waals surface area contributed by atoms with Gasteiger partial charge in [0, 0.05) is 6.04 Å². The first-order valence-electron chi connectivity index (χ1n) is 6.17. The molecule has 0 bridgehead atoms. The summed E-state index contributed by atoms with van der Waals surface area (Å²) in [5.74, 6) is -3.25. The van der Waals surface area contributed by atoms with E-state index >= 15 is 0 Å². The number of halogens is 5. The van der Waals surface area contributed by atoms with Crippen molar-refractivity contribution >= 4 is 0 Å². The van der Waals surface area contributed by atoms with Gasteiger partial charge in [-0.2, -0.15) is 13.2 Å². The minimum Gasteiger partial charge on any atom is -0.369 e. The normalized spacial score (nSPS) is 24.9. The van der Waals surface area contributed by atoms with Gasteiger partial charge in [0.2, 0.25) is 0 Å². The molecular weight excluding hydrogens is 281 g/mol. The average Bonchev–Trinajstić information content (AvgIpc) is 2.74. The lowest BCUT2D eigenvalue weighted by atomic mass is 10.0. The summed E-state index contributed by atoms with van der Waals surface area (Å²) >= 11 is 0. The van der Waals surface area contributed by atoms with Crippen molar-refractivity contribution in [1.29, 1.82) is 0 Å². The van der Waals surface area contributed by atoms with Crippen LogP contribution in [0, 0.1) is 11.6 Å². The molecule has 1 aromatic rings. The standard InChI is InChI=1S/C13H14F5NO/c1-6(19)10-2-3-11(20-10)7-4-8(14)12(9(15)5-7)13(16,17)18/h4-6,10-11H,2-3,19H2,1H3/t6-,10-,11+/m0/s1. The third-order valence-electron chi connectivity index (χ3n) is 3.36. The first-order valence-corrected chi connectivity index (χ1v) is 6.17. The molecule has 0 amide bonds. The second-order valence-electron chi connectivity index (χ2n) is 4.96. The van der Waals surface area contributed by atoms with E-state index in [2.05, 4.69) is 0 Å². The summed E-state index contributed by atoms with van der Waals surface area (Å²) in [5.41, 5.74) is 3.85. The number of ether oxygens (including phenoxy) is 1. The molecular formula is C13H14F5NO. The summed E-state index contributed by atoms with van der Waals surface area (Å²) in [5, 5.41) is 0. The quantitative estimate of drug-likeness (QED) is 0.847. The molecule has 7 heteroatoms. The van der Waals surface area contributed by atoms with Crippen molar-refractivity contribution in [1.82, 2.24) is 0 Å². The molecule has 0 saturated carbocycles. The molecule has 1 saturated heterocycles. The van der Waals surface area contributed by atoms with Crippen molar-refractivity contribution in [3.8, 4) is 0 Å². The predicted molar refractivity (Wildman–Crippen MR) is 61.9 cm³/mol. The summed E-state index contributed by atoms with van der Waals surface area (Å²) in [7, 11) is 0. The number of nitrogens with two attached hydrogens (primary N) is 1. The van der Waals surface area contributed by atoms with Gasteiger partial charge >= 0.3 is 6.18 Å². The van der Waals surface area contributed by atoms with Gasteiger partial charge in [-0.25, -0.2) is 8.78 Å². The second-order valence-corrected chi connectivity index (χ2v) is 4.96. The van der Waals surface area contributed by atoms with Crippen LogP contribution in [-0.2, 0) is 10.9 Å². The van der Waals surface area contributed by atoms with E-state index < -0.39 is 29.5 Å². The molecule has 1 aliphatic rings. The van der Waals surface area contributed by atoms with Crippen LogP contribution in [-0.4, -0.2) is 12.1 Å². The molecule has 0 unspecified atom stereocenters. The Labute approximate surface area is 112 Å². The van der Waals surface area contributed by atoms with E-state index in [9.17, 15) is 22.0 Å². The Morgan fingerprint density at radius 2 is 1.75 bits per heavy atom. The van der Waals surface area contributed by atoms with Crippen LogP contribution in [0.5, 0.6) is 0 Å². The monoisotopic (exact) mass is 295 g/mol. The van der Waals surface area contributed by atoms with Crippen LogP contribution in [0.15, 0.2) is 12.1 Å². The van der Waals surface area contributed by atoms with Gasteiger partial charge in [0.25, 0.3) is 0 Å². The molecule has 1 heterocycles. The Hall–Kier alpha value is -1.21. The maximum atomic E-state index is 13.5. The third-order valence-corrected chi connectivity index (χ3v) is 3.36. The average molecular weight is 295 g/mol. The van der Waals surface area contributed by atoms with Gasteiger partial charge in [0.05, 0.1) is 12.2 Å². The van der Waals surface area contributed by atoms with E-state index in [0.717, 1.165) is 0 Å². The van der Waals surface area contributed by atoms with Crippen molar-refractivity contribution < 1.29 is 26.7 Å². The van der Waals surface area contributed by atoms with Crippen LogP contribution in [0.25, 0.3) is 0 Å². The van der Waals surface area contributed by atoms with Gasteiger partial charge < -0.3 is 10.5 Å². The highest BCUT2D eigenvalue weighted by molar-refractivity contribution is 5.30. The van der Waals surface area contributed by atoms with Crippen LogP contribution in [0.1, 0.15) is 37.0 Å². The maximum Gasteiger partial charge on any atom is 0.422 e. The largest absolute Gasteiger partial charge is 0.422 e. The minimum atomic E-state index is -5.06. The lowest BCUT2D eigenvalue weighted by molar-refractivity contribution is -0.142. The van der Waals surface area contributed by atoms with Gasteiger partial charge in [0.15, 0.2) is 0 Å². The summed E-state index contributed by atoms with van der Waals surface area (Å²) in [4.78, 5) is 0. The number of benzene rings is 1. The Balaban J connectivity index is 2.28. The van der Waals surface area contributed by atoms with Crippen molar-refractivity contribution in [3.05, 3.63) is 34.9 Å². The van der Waals surface area contributed by atoms with E-state index in [4.69, 9.17) is 10.5 Å². The smallest absolute Gasteiger partial charge is 0.369 e. The Kier molecular flexibility index (Phi) is 4.02. The van der Waals surface area contributed by atoms with Crippen LogP contribution < -0.4 is 5.73 Å². The van der Waals surface area contributed by atoms with Gasteiger partial charge in [-0.1, -0.05) is 0 Å². The zero-order chi connectivity index (χ0) is 15.1. The van der Waals surface area contributed by atoms with Crippen molar-refractivity contribution in [2.24, 2.45) is 5.73 Å². The number of hydrogen-bond acceptors (Lipinski definition) is 2. The third kappa shape index (κ3) is 2.93. The van der Waals surface area contributed by atoms with Crippen molar-refractivity contribution in [2.75, 3.05) is 0 Å². The molecule has 1 aliphatic heterocycles. The number of hydrogen-bond donors (Lipinski definition) is 1. The van der Waals surface area contributed by atoms with Crippen molar-refractivity contribution in [3.63, 3.8) is 0 Å². The van der Waals surface area contributed by atoms with Crippen LogP contribution in [0.2, 0.25) is 0 Å². The molecule has 0 spiro atoms. The van der Waals surface area contributed by atoms with Gasteiger partial charge in [-0.3, -0.25) is 0 Å². The Morgan fingerprint density at radius 1 is 1.20 bits per heavy atom. The van der Waals surface area contributed by atoms with Crippen LogP contribution >= 0.6 is 0 Å². The molecule has 0 aliphatic carbocycles. The molecule has 2 N–H and O–H groups in total. The fraction of sp³-hybridized carbons (Fsp3) is 0.538. The summed E-state index contributed by atoms with van der Waals surface area (Å²) in [6.45, 7) is 1.74. The van der Waals surface area contributed by atoms with Gasteiger partial charge in [-0.15, -0.1) is 0 Å². The molecule has 2 nitrogen and oxygen atoms in total. The van der Waals surface area contributed by atoms with E-state index in [-0.39, 0.29) is 17.7 Å². The van der Waals surface area contributed by atoms with Gasteiger partial charge in [-0.05, 0) is 37.5 Å². The zero-order valence-corrected chi connectivity index (χ0v) is 10.7. The summed E-state index contributed by atoms with van der Waals surface area (Å²) in [6, 6.07) is 1.12. The fourth-order valence-corrected chi connectivity index (χ4v) is 2.34. The highest BCUT2D eigenvalue weighted by Gasteiger charge is 2.39. The first-order chi connectivity index (χ1) is 9.20. The molecule has 2 rings (SSSR count). The van der Waals surface area contributed by atoms with E-state index in [1.54, 1.807) is 6.92 Å². The highest BCUT2D eigenvalue weighted by Crippen LogP contribution is 2.38. The van der Waals surface area contributed by atoms with E-state index in [0.29, 0.717) is 25.0 Å². The SMILES string of the molecule is C[C@H](N)[C@@H]1CC[C@H](c2cc(F)c(C(F)(F)F)c(F)c2)O1. The topological polar surface area (TPSA) is 35.2 Å². The molecule has 112 valence electrons. The molecule has 1 aromatic carbocycles. The van der Waals surface area contributed by atoms with E-state index in [1.165, 1.54) is 0 Å². The molecule has 0 radical (unpaired) electrons. The molecule has 1 fully saturated rings. The minimum absolute atomic E-state index is 0.0659. The lowest BCUT2D eigenvalue weighted by Gasteiger charge is -2.18. The van der Waals surface area contributed by atoms with E-state index in [1.807, 2.05) is 0 Å². The Morgan fingerprint density at radius 3 is 2.15 bits per heavy atom. The summed E-state index contributed by atoms with van der Waals surface area (Å²) < 4.78 is 69.8. The number of rotatable bonds is 2. The number of alkyl halides is 3. The maximum absolute atomic E-state index is 13.5. The predicted octanol–water partition coefficient (Wildman–Crippen LogP) is 3.55. The fourth-order valence-electron chi connectivity index (χ4n) is 2.34. The Bertz CT molecular complexity index is 477. The second kappa shape index (κ2) is 5.29. The molecule has 0 aromatic heterocycles. The van der Waals surface area contributed by atoms with Gasteiger partial charge in [0.1, 0.15) is 17.2 Å². The molecule has 20 heavy (non-hydrogen) atoms. The summed E-state index contributed by atoms with van der Waals surface area (Å²) in [6.07, 6.45) is -4.87. The lowest BCUT2D eigenvalue weighted by Crippen LogP contribution is -2.30. The van der Waals surface area contributed by atoms with Crippen LogP contribution in [0.3, 0.4) is 0 Å². The van der Waals surface area contributed by atoms with Crippen LogP contribution in [0.4, 0.5) is 22.0 Å². The molecule has 3 atom stereocenters. The first kappa shape index (κ1) is 15.2.